The van der Waals surface area contributed by atoms with E-state index in [1.807, 2.05) is 0 Å². The first-order valence-corrected chi connectivity index (χ1v) is 2.74. The molecule has 65 valence electrons. The molecule has 11 heavy (non-hydrogen) atoms. The summed E-state index contributed by atoms with van der Waals surface area (Å²) in [6.07, 6.45) is 1.60. The van der Waals surface area contributed by atoms with Gasteiger partial charge in [-0.2, -0.15) is 0 Å². The summed E-state index contributed by atoms with van der Waals surface area (Å²) >= 11 is 0. The van der Waals surface area contributed by atoms with Crippen LogP contribution in [0.1, 0.15) is 6.92 Å². The van der Waals surface area contributed by atoms with Crippen LogP contribution in [0.4, 0.5) is 0 Å². The third kappa shape index (κ3) is 9.20. The Bertz CT molecular complexity index is 164. The van der Waals surface area contributed by atoms with Crippen LogP contribution in [0.15, 0.2) is 12.2 Å². The number of rotatable bonds is 3. The molecular formula is C6H8CuO4+2. The number of carbonyl (C=O) groups is 2. The van der Waals surface area contributed by atoms with E-state index in [1.54, 1.807) is 6.92 Å². The van der Waals surface area contributed by atoms with Crippen molar-refractivity contribution in [1.82, 2.24) is 0 Å². The molecule has 0 aliphatic carbocycles. The van der Waals surface area contributed by atoms with Gasteiger partial charge in [-0.1, -0.05) is 0 Å². The van der Waals surface area contributed by atoms with Crippen molar-refractivity contribution in [3.63, 3.8) is 0 Å². The third-order valence-electron chi connectivity index (χ3n) is 0.649. The number of esters is 1. The molecule has 0 aliphatic rings. The van der Waals surface area contributed by atoms with E-state index in [9.17, 15) is 9.59 Å². The van der Waals surface area contributed by atoms with Gasteiger partial charge in [-0.25, -0.2) is 9.59 Å². The topological polar surface area (TPSA) is 63.6 Å². The van der Waals surface area contributed by atoms with Crippen LogP contribution in [0.2, 0.25) is 0 Å². The Kier molecular flexibility index (Phi) is 8.53. The minimum atomic E-state index is -1.16. The molecule has 0 saturated heterocycles. The van der Waals surface area contributed by atoms with Crippen molar-refractivity contribution in [3.8, 4) is 0 Å². The average molecular weight is 208 g/mol. The smallest absolute Gasteiger partial charge is 0.478 e. The Hall–Kier alpha value is -0.801. The Morgan fingerprint density at radius 3 is 2.36 bits per heavy atom. The van der Waals surface area contributed by atoms with Crippen molar-refractivity contribution in [3.05, 3.63) is 12.2 Å². The summed E-state index contributed by atoms with van der Waals surface area (Å²) in [6, 6.07) is 0. The minimum Gasteiger partial charge on any atom is -0.478 e. The first-order chi connectivity index (χ1) is 4.66. The number of carbonyl (C=O) groups excluding carboxylic acids is 1. The van der Waals surface area contributed by atoms with E-state index < -0.39 is 11.9 Å². The Balaban J connectivity index is 0. The van der Waals surface area contributed by atoms with Gasteiger partial charge in [0.1, 0.15) is 0 Å². The van der Waals surface area contributed by atoms with Gasteiger partial charge < -0.3 is 9.84 Å². The second kappa shape index (κ2) is 7.31. The molecule has 0 aromatic rings. The van der Waals surface area contributed by atoms with Crippen molar-refractivity contribution in [2.45, 2.75) is 6.92 Å². The van der Waals surface area contributed by atoms with E-state index in [2.05, 4.69) is 4.74 Å². The molecule has 0 bridgehead atoms. The summed E-state index contributed by atoms with van der Waals surface area (Å²) < 4.78 is 4.40. The van der Waals surface area contributed by atoms with Crippen LogP contribution >= 0.6 is 0 Å². The second-order valence-corrected chi connectivity index (χ2v) is 1.42. The van der Waals surface area contributed by atoms with Crippen LogP contribution < -0.4 is 0 Å². The molecule has 0 aromatic carbocycles. The largest absolute Gasteiger partial charge is 2.00 e. The molecule has 0 aromatic heterocycles. The number of carboxylic acid groups (broad SMARTS) is 1. The monoisotopic (exact) mass is 207 g/mol. The summed E-state index contributed by atoms with van der Waals surface area (Å²) in [4.78, 5) is 20.2. The SMILES string of the molecule is CCOC(=O)/C=C/C(=O)O.[Cu+2]. The fourth-order valence-corrected chi connectivity index (χ4v) is 0.330. The van der Waals surface area contributed by atoms with Gasteiger partial charge in [-0.3, -0.25) is 0 Å². The molecule has 0 heterocycles. The van der Waals surface area contributed by atoms with Crippen LogP contribution in [-0.2, 0) is 31.4 Å². The van der Waals surface area contributed by atoms with Gasteiger partial charge in [0.05, 0.1) is 6.61 Å². The molecular weight excluding hydrogens is 200 g/mol. The molecule has 1 N–H and O–H groups in total. The normalized spacial score (nSPS) is 8.82. The maximum Gasteiger partial charge on any atom is 2.00 e. The minimum absolute atomic E-state index is 0. The zero-order chi connectivity index (χ0) is 7.98. The Morgan fingerprint density at radius 2 is 2.00 bits per heavy atom. The molecule has 1 radical (unpaired) electrons. The van der Waals surface area contributed by atoms with Crippen molar-refractivity contribution in [2.24, 2.45) is 0 Å². The first kappa shape index (κ1) is 12.8. The van der Waals surface area contributed by atoms with Crippen LogP contribution in [0, 0.1) is 0 Å². The molecule has 5 heteroatoms. The van der Waals surface area contributed by atoms with Crippen LogP contribution in [0.3, 0.4) is 0 Å². The number of carboxylic acids is 1. The standard InChI is InChI=1S/C6H8O4.Cu/c1-2-10-6(9)4-3-5(7)8;/h3-4H,2H2,1H3,(H,7,8);/q;+2/b4-3+;. The zero-order valence-corrected chi connectivity index (χ0v) is 6.78. The quantitative estimate of drug-likeness (QED) is 0.408. The third-order valence-corrected chi connectivity index (χ3v) is 0.649. The van der Waals surface area contributed by atoms with Crippen LogP contribution in [0.5, 0.6) is 0 Å². The van der Waals surface area contributed by atoms with E-state index in [-0.39, 0.29) is 23.7 Å². The van der Waals surface area contributed by atoms with Gasteiger partial charge in [0.25, 0.3) is 0 Å². The van der Waals surface area contributed by atoms with Gasteiger partial charge >= 0.3 is 29.0 Å². The van der Waals surface area contributed by atoms with Crippen LogP contribution in [-0.4, -0.2) is 23.7 Å². The molecule has 0 aliphatic heterocycles. The molecule has 0 fully saturated rings. The number of hydrogen-bond donors (Lipinski definition) is 1. The van der Waals surface area contributed by atoms with Crippen molar-refractivity contribution in [2.75, 3.05) is 6.61 Å². The van der Waals surface area contributed by atoms with E-state index in [1.165, 1.54) is 0 Å². The molecule has 4 nitrogen and oxygen atoms in total. The molecule has 0 rings (SSSR count). The predicted molar refractivity (Wildman–Crippen MR) is 33.4 cm³/mol. The summed E-state index contributed by atoms with van der Waals surface area (Å²) in [5.41, 5.74) is 0. The van der Waals surface area contributed by atoms with E-state index in [0.717, 1.165) is 12.2 Å². The summed E-state index contributed by atoms with van der Waals surface area (Å²) in [5.74, 6) is -1.79. The average Bonchev–Trinajstić information content (AvgIpc) is 1.85. The second-order valence-electron chi connectivity index (χ2n) is 1.42. The molecule has 0 unspecified atom stereocenters. The van der Waals surface area contributed by atoms with Gasteiger partial charge in [0, 0.05) is 12.2 Å². The molecule has 0 spiro atoms. The summed E-state index contributed by atoms with van der Waals surface area (Å²) in [7, 11) is 0. The maximum absolute atomic E-state index is 10.4. The molecule has 0 atom stereocenters. The van der Waals surface area contributed by atoms with E-state index in [4.69, 9.17) is 5.11 Å². The summed E-state index contributed by atoms with van der Waals surface area (Å²) in [5, 5.41) is 8.04. The fraction of sp³-hybridized carbons (Fsp3) is 0.333. The summed E-state index contributed by atoms with van der Waals surface area (Å²) in [6.45, 7) is 1.90. The van der Waals surface area contributed by atoms with Gasteiger partial charge in [-0.05, 0) is 6.92 Å². The fourth-order valence-electron chi connectivity index (χ4n) is 0.330. The van der Waals surface area contributed by atoms with Crippen molar-refractivity contribution < 1.29 is 36.5 Å². The van der Waals surface area contributed by atoms with Crippen LogP contribution in [0.25, 0.3) is 0 Å². The van der Waals surface area contributed by atoms with E-state index >= 15 is 0 Å². The predicted octanol–water partition coefficient (Wildman–Crippen LogP) is 0.188. The Labute approximate surface area is 74.7 Å². The van der Waals surface area contributed by atoms with Gasteiger partial charge in [0.15, 0.2) is 0 Å². The number of aliphatic carboxylic acids is 1. The Morgan fingerprint density at radius 1 is 1.45 bits per heavy atom. The maximum atomic E-state index is 10.4. The van der Waals surface area contributed by atoms with E-state index in [0.29, 0.717) is 0 Å². The molecule has 0 saturated carbocycles. The van der Waals surface area contributed by atoms with Crippen molar-refractivity contribution in [1.29, 1.82) is 0 Å². The zero-order valence-electron chi connectivity index (χ0n) is 5.84. The molecule has 0 amide bonds. The first-order valence-electron chi connectivity index (χ1n) is 2.74. The van der Waals surface area contributed by atoms with Gasteiger partial charge in [-0.15, -0.1) is 0 Å². The number of ether oxygens (including phenoxy) is 1. The van der Waals surface area contributed by atoms with Crippen molar-refractivity contribution >= 4 is 11.9 Å². The van der Waals surface area contributed by atoms with Gasteiger partial charge in [0.2, 0.25) is 0 Å². The number of hydrogen-bond acceptors (Lipinski definition) is 3.